The predicted molar refractivity (Wildman–Crippen MR) is 103 cm³/mol. The molecule has 6 heteroatoms. The average molecular weight is 372 g/mol. The Bertz CT molecular complexity index is 945. The minimum Gasteiger partial charge on any atom is -0.499 e. The first kappa shape index (κ1) is 20.3. The van der Waals surface area contributed by atoms with Gasteiger partial charge in [0.25, 0.3) is 0 Å². The molecule has 0 atom stereocenters. The number of ether oxygens (including phenoxy) is 2. The smallest absolute Gasteiger partial charge is 0.382 e. The minimum atomic E-state index is -0.981. The number of allylic oxidation sites excluding steroid dienone is 3. The van der Waals surface area contributed by atoms with Gasteiger partial charge in [0.15, 0.2) is 5.75 Å². The van der Waals surface area contributed by atoms with E-state index in [0.29, 0.717) is 12.4 Å². The van der Waals surface area contributed by atoms with Gasteiger partial charge in [-0.1, -0.05) is 23.3 Å². The van der Waals surface area contributed by atoms with Crippen LogP contribution in [0.3, 0.4) is 0 Å². The van der Waals surface area contributed by atoms with Gasteiger partial charge in [0.1, 0.15) is 23.3 Å². The fourth-order valence-electron chi connectivity index (χ4n) is 2.51. The number of benzene rings is 1. The molecule has 2 rings (SSSR count). The lowest BCUT2D eigenvalue weighted by molar-refractivity contribution is -0.131. The van der Waals surface area contributed by atoms with E-state index in [4.69, 9.17) is 13.9 Å². The number of carbonyl (C=O) groups is 1. The normalized spacial score (nSPS) is 11.3. The number of hydrogen-bond donors (Lipinski definition) is 1. The highest BCUT2D eigenvalue weighted by molar-refractivity contribution is 5.93. The van der Waals surface area contributed by atoms with Gasteiger partial charge in [0.05, 0.1) is 0 Å². The van der Waals surface area contributed by atoms with Crippen LogP contribution in [-0.4, -0.2) is 17.7 Å². The summed E-state index contributed by atoms with van der Waals surface area (Å²) in [6.45, 7) is 7.63. The lowest BCUT2D eigenvalue weighted by atomic mass is 10.1. The number of esters is 1. The second kappa shape index (κ2) is 9.07. The largest absolute Gasteiger partial charge is 0.499 e. The zero-order valence-electron chi connectivity index (χ0n) is 16.0. The van der Waals surface area contributed by atoms with E-state index in [1.165, 1.54) is 24.1 Å². The van der Waals surface area contributed by atoms with Crippen LogP contribution in [0.4, 0.5) is 0 Å². The molecule has 0 aliphatic carbocycles. The maximum atomic E-state index is 11.7. The Kier molecular flexibility index (Phi) is 6.82. The first-order valence-electron chi connectivity index (χ1n) is 8.68. The first-order chi connectivity index (χ1) is 12.8. The third-order valence-electron chi connectivity index (χ3n) is 3.83. The molecule has 1 heterocycles. The van der Waals surface area contributed by atoms with E-state index in [2.05, 4.69) is 19.9 Å². The zero-order chi connectivity index (χ0) is 20.0. The van der Waals surface area contributed by atoms with Crippen LogP contribution in [0.5, 0.6) is 17.2 Å². The molecular weight excluding hydrogens is 348 g/mol. The van der Waals surface area contributed by atoms with E-state index in [1.54, 1.807) is 12.1 Å². The third kappa shape index (κ3) is 5.48. The predicted octanol–water partition coefficient (Wildman–Crippen LogP) is 4.50. The van der Waals surface area contributed by atoms with E-state index >= 15 is 0 Å². The summed E-state index contributed by atoms with van der Waals surface area (Å²) in [5.74, 6) is -1.34. The van der Waals surface area contributed by atoms with E-state index in [9.17, 15) is 14.7 Å². The van der Waals surface area contributed by atoms with Crippen molar-refractivity contribution >= 4 is 16.9 Å². The molecule has 0 bridgehead atoms. The van der Waals surface area contributed by atoms with Gasteiger partial charge in [-0.15, -0.1) is 0 Å². The summed E-state index contributed by atoms with van der Waals surface area (Å²) in [7, 11) is 0. The van der Waals surface area contributed by atoms with Gasteiger partial charge in [0.2, 0.25) is 5.75 Å². The Hall–Kier alpha value is -3.02. The lowest BCUT2D eigenvalue weighted by Crippen LogP contribution is -2.08. The summed E-state index contributed by atoms with van der Waals surface area (Å²) in [6.07, 6.45) is 6.04. The molecule has 0 radical (unpaired) electrons. The van der Waals surface area contributed by atoms with Crippen molar-refractivity contribution in [2.45, 2.75) is 40.5 Å². The topological polar surface area (TPSA) is 86.0 Å². The molecule has 2 aromatic rings. The number of rotatable bonds is 7. The lowest BCUT2D eigenvalue weighted by Gasteiger charge is -2.11. The molecule has 1 N–H and O–H groups in total. The number of fused-ring (bicyclic) bond motifs is 1. The number of hydrogen-bond acceptors (Lipinski definition) is 6. The van der Waals surface area contributed by atoms with Crippen LogP contribution in [0.1, 0.15) is 40.5 Å². The van der Waals surface area contributed by atoms with Crippen molar-refractivity contribution in [3.63, 3.8) is 0 Å². The highest BCUT2D eigenvalue weighted by Crippen LogP contribution is 2.38. The van der Waals surface area contributed by atoms with Crippen LogP contribution < -0.4 is 15.1 Å². The van der Waals surface area contributed by atoms with Gasteiger partial charge >= 0.3 is 11.6 Å². The quantitative estimate of drug-likeness (QED) is 0.438. The van der Waals surface area contributed by atoms with Crippen LogP contribution >= 0.6 is 0 Å². The monoisotopic (exact) mass is 372 g/mol. The van der Waals surface area contributed by atoms with Gasteiger partial charge in [-0.05, 0) is 51.8 Å². The molecule has 144 valence electrons. The average Bonchev–Trinajstić information content (AvgIpc) is 2.58. The first-order valence-corrected chi connectivity index (χ1v) is 8.68. The molecule has 0 saturated heterocycles. The van der Waals surface area contributed by atoms with E-state index in [0.717, 1.165) is 12.8 Å². The van der Waals surface area contributed by atoms with Crippen molar-refractivity contribution in [1.82, 2.24) is 0 Å². The number of carbonyl (C=O) groups excluding carboxylic acids is 1. The standard InChI is InChI=1S/C21H24O6/c1-13(2)7-5-8-14(3)11-12-25-16-9-6-10-17-18(16)20(26-15(4)22)19(23)21(24)27-17/h6-7,9-11,23H,5,8,12H2,1-4H3/b14-11+. The molecule has 0 unspecified atom stereocenters. The van der Waals surface area contributed by atoms with Crippen LogP contribution in [-0.2, 0) is 4.79 Å². The molecule has 0 aliphatic heterocycles. The zero-order valence-corrected chi connectivity index (χ0v) is 16.0. The second-order valence-corrected chi connectivity index (χ2v) is 6.47. The van der Waals surface area contributed by atoms with Crippen molar-refractivity contribution in [2.75, 3.05) is 6.61 Å². The van der Waals surface area contributed by atoms with Crippen LogP contribution in [0.2, 0.25) is 0 Å². The van der Waals surface area contributed by atoms with Gasteiger partial charge in [-0.2, -0.15) is 0 Å². The maximum Gasteiger partial charge on any atom is 0.382 e. The summed E-state index contributed by atoms with van der Waals surface area (Å²) < 4.78 is 15.9. The van der Waals surface area contributed by atoms with Gasteiger partial charge in [-0.25, -0.2) is 4.79 Å². The van der Waals surface area contributed by atoms with E-state index in [1.807, 2.05) is 13.0 Å². The van der Waals surface area contributed by atoms with Gasteiger partial charge in [0, 0.05) is 6.92 Å². The fourth-order valence-corrected chi connectivity index (χ4v) is 2.51. The molecule has 0 saturated carbocycles. The van der Waals surface area contributed by atoms with Crippen molar-refractivity contribution in [1.29, 1.82) is 0 Å². The molecule has 1 aromatic heterocycles. The molecule has 0 fully saturated rings. The highest BCUT2D eigenvalue weighted by Gasteiger charge is 2.20. The Morgan fingerprint density at radius 3 is 2.59 bits per heavy atom. The maximum absolute atomic E-state index is 11.7. The molecule has 6 nitrogen and oxygen atoms in total. The minimum absolute atomic E-state index is 0.163. The van der Waals surface area contributed by atoms with Crippen LogP contribution in [0.25, 0.3) is 11.0 Å². The molecule has 0 amide bonds. The Morgan fingerprint density at radius 1 is 1.19 bits per heavy atom. The van der Waals surface area contributed by atoms with Gasteiger partial charge in [-0.3, -0.25) is 4.79 Å². The van der Waals surface area contributed by atoms with Crippen LogP contribution in [0, 0.1) is 0 Å². The number of aromatic hydroxyl groups is 1. The Balaban J connectivity index is 2.28. The van der Waals surface area contributed by atoms with Crippen molar-refractivity contribution in [3.8, 4) is 17.2 Å². The summed E-state index contributed by atoms with van der Waals surface area (Å²) in [4.78, 5) is 23.1. The third-order valence-corrected chi connectivity index (χ3v) is 3.83. The van der Waals surface area contributed by atoms with Crippen molar-refractivity contribution in [2.24, 2.45) is 0 Å². The molecule has 1 aromatic carbocycles. The summed E-state index contributed by atoms with van der Waals surface area (Å²) >= 11 is 0. The fraction of sp³-hybridized carbons (Fsp3) is 0.333. The summed E-state index contributed by atoms with van der Waals surface area (Å²) in [5.41, 5.74) is 1.65. The molecular formula is C21H24O6. The van der Waals surface area contributed by atoms with Crippen LogP contribution in [0.15, 0.2) is 50.7 Å². The van der Waals surface area contributed by atoms with Gasteiger partial charge < -0.3 is 19.0 Å². The summed E-state index contributed by atoms with van der Waals surface area (Å²) in [6, 6.07) is 4.85. The molecule has 0 spiro atoms. The summed E-state index contributed by atoms with van der Waals surface area (Å²) in [5, 5.41) is 10.2. The van der Waals surface area contributed by atoms with E-state index in [-0.39, 0.29) is 16.7 Å². The Morgan fingerprint density at radius 2 is 1.93 bits per heavy atom. The van der Waals surface area contributed by atoms with Crippen molar-refractivity contribution < 1.29 is 23.8 Å². The Labute approximate surface area is 157 Å². The highest BCUT2D eigenvalue weighted by atomic mass is 16.5. The molecule has 0 aliphatic rings. The SMILES string of the molecule is CC(=O)Oc1c(O)c(=O)oc2cccc(OC/C=C(\C)CCC=C(C)C)c12. The molecule has 27 heavy (non-hydrogen) atoms. The van der Waals surface area contributed by atoms with E-state index < -0.39 is 17.3 Å². The second-order valence-electron chi connectivity index (χ2n) is 6.47. The van der Waals surface area contributed by atoms with Crippen molar-refractivity contribution in [3.05, 3.63) is 51.9 Å².